The zero-order chi connectivity index (χ0) is 11.4. The number of imidazole rings is 1. The van der Waals surface area contributed by atoms with Crippen molar-refractivity contribution in [2.45, 2.75) is 52.1 Å². The molecule has 3 heteroatoms. The van der Waals surface area contributed by atoms with Crippen LogP contribution in [-0.4, -0.2) is 16.1 Å². The Labute approximate surface area is 98.3 Å². The van der Waals surface area contributed by atoms with Gasteiger partial charge in [0, 0.05) is 18.8 Å². The molecule has 1 atom stereocenters. The number of hydrogen-bond donors (Lipinski definition) is 1. The molecule has 0 radical (unpaired) electrons. The van der Waals surface area contributed by atoms with E-state index in [0.29, 0.717) is 6.04 Å². The number of nitrogens with one attached hydrogen (secondary N) is 1. The summed E-state index contributed by atoms with van der Waals surface area (Å²) in [6, 6.07) is 0.531. The minimum atomic E-state index is 0.531. The van der Waals surface area contributed by atoms with Gasteiger partial charge in [-0.1, -0.05) is 20.3 Å². The third kappa shape index (κ3) is 2.85. The zero-order valence-electron chi connectivity index (χ0n) is 10.4. The van der Waals surface area contributed by atoms with Crippen LogP contribution < -0.4 is 5.32 Å². The molecule has 1 N–H and O–H groups in total. The van der Waals surface area contributed by atoms with Crippen LogP contribution >= 0.6 is 0 Å². The molecule has 0 saturated carbocycles. The van der Waals surface area contributed by atoms with E-state index in [9.17, 15) is 0 Å². The molecule has 1 unspecified atom stereocenters. The van der Waals surface area contributed by atoms with E-state index in [1.807, 2.05) is 12.5 Å². The molecule has 16 heavy (non-hydrogen) atoms. The van der Waals surface area contributed by atoms with Crippen molar-refractivity contribution >= 4 is 0 Å². The van der Waals surface area contributed by atoms with Gasteiger partial charge in [-0.3, -0.25) is 0 Å². The van der Waals surface area contributed by atoms with Crippen LogP contribution in [0.2, 0.25) is 0 Å². The Morgan fingerprint density at radius 1 is 1.50 bits per heavy atom. The van der Waals surface area contributed by atoms with Crippen molar-refractivity contribution in [3.8, 4) is 0 Å². The highest BCUT2D eigenvalue weighted by molar-refractivity contribution is 5.06. The number of aryl methyl sites for hydroxylation is 1. The Kier molecular flexibility index (Phi) is 3.99. The van der Waals surface area contributed by atoms with Crippen molar-refractivity contribution in [1.29, 1.82) is 0 Å². The maximum Gasteiger partial charge on any atom is 0.0948 e. The molecule has 0 aliphatic carbocycles. The van der Waals surface area contributed by atoms with Gasteiger partial charge in [-0.25, -0.2) is 4.98 Å². The first-order valence-electron chi connectivity index (χ1n) is 6.51. The topological polar surface area (TPSA) is 29.9 Å². The number of piperidine rings is 1. The molecule has 0 spiro atoms. The molecule has 2 rings (SSSR count). The van der Waals surface area contributed by atoms with Crippen LogP contribution in [-0.2, 0) is 6.54 Å². The zero-order valence-corrected chi connectivity index (χ0v) is 10.4. The van der Waals surface area contributed by atoms with Gasteiger partial charge < -0.3 is 9.88 Å². The van der Waals surface area contributed by atoms with E-state index in [4.69, 9.17) is 0 Å². The molecule has 0 amide bonds. The van der Waals surface area contributed by atoms with Crippen molar-refractivity contribution in [1.82, 2.24) is 14.9 Å². The number of aromatic nitrogens is 2. The lowest BCUT2D eigenvalue weighted by molar-refractivity contribution is 0.387. The van der Waals surface area contributed by atoms with Gasteiger partial charge >= 0.3 is 0 Å². The standard InChI is InChI=1S/C13H23N3/c1-11(2)6-8-16-10-14-9-13(16)12-5-3-4-7-15-12/h9-12,15H,3-8H2,1-2H3. The second-order valence-corrected chi connectivity index (χ2v) is 5.20. The lowest BCUT2D eigenvalue weighted by atomic mass is 10.0. The molecule has 1 aromatic heterocycles. The summed E-state index contributed by atoms with van der Waals surface area (Å²) in [4.78, 5) is 4.30. The van der Waals surface area contributed by atoms with Gasteiger partial charge in [0.2, 0.25) is 0 Å². The Morgan fingerprint density at radius 3 is 3.06 bits per heavy atom. The van der Waals surface area contributed by atoms with Crippen LogP contribution in [0.25, 0.3) is 0 Å². The Morgan fingerprint density at radius 2 is 2.38 bits per heavy atom. The quantitative estimate of drug-likeness (QED) is 0.847. The number of rotatable bonds is 4. The van der Waals surface area contributed by atoms with Gasteiger partial charge in [-0.15, -0.1) is 0 Å². The molecule has 1 aliphatic rings. The molecule has 0 aromatic carbocycles. The summed E-state index contributed by atoms with van der Waals surface area (Å²) in [5, 5.41) is 3.59. The molecule has 0 bridgehead atoms. The van der Waals surface area contributed by atoms with Gasteiger partial charge in [0.05, 0.1) is 12.0 Å². The first-order valence-corrected chi connectivity index (χ1v) is 6.51. The molecule has 1 aromatic rings. The summed E-state index contributed by atoms with van der Waals surface area (Å²) < 4.78 is 2.32. The average Bonchev–Trinajstić information content (AvgIpc) is 2.75. The lowest BCUT2D eigenvalue weighted by Crippen LogP contribution is -2.28. The van der Waals surface area contributed by atoms with E-state index in [1.54, 1.807) is 0 Å². The molecule has 3 nitrogen and oxygen atoms in total. The second kappa shape index (κ2) is 5.48. The normalized spacial score (nSPS) is 21.6. The molecular weight excluding hydrogens is 198 g/mol. The van der Waals surface area contributed by atoms with E-state index < -0.39 is 0 Å². The van der Waals surface area contributed by atoms with E-state index in [2.05, 4.69) is 28.7 Å². The SMILES string of the molecule is CC(C)CCn1cncc1C1CCCCN1. The third-order valence-corrected chi connectivity index (χ3v) is 3.36. The second-order valence-electron chi connectivity index (χ2n) is 5.20. The predicted octanol–water partition coefficient (Wildman–Crippen LogP) is 2.74. The molecule has 1 saturated heterocycles. The highest BCUT2D eigenvalue weighted by atomic mass is 15.1. The molecular formula is C13H23N3. The van der Waals surface area contributed by atoms with Gasteiger partial charge in [0.25, 0.3) is 0 Å². The highest BCUT2D eigenvalue weighted by Gasteiger charge is 2.18. The van der Waals surface area contributed by atoms with Gasteiger partial charge in [-0.05, 0) is 31.7 Å². The smallest absolute Gasteiger partial charge is 0.0948 e. The third-order valence-electron chi connectivity index (χ3n) is 3.36. The Hall–Kier alpha value is -0.830. The molecule has 1 fully saturated rings. The summed E-state index contributed by atoms with van der Waals surface area (Å²) in [7, 11) is 0. The van der Waals surface area contributed by atoms with Gasteiger partial charge in [0.15, 0.2) is 0 Å². The molecule has 1 aliphatic heterocycles. The van der Waals surface area contributed by atoms with E-state index in [0.717, 1.165) is 19.0 Å². The maximum atomic E-state index is 4.30. The first kappa shape index (κ1) is 11.6. The monoisotopic (exact) mass is 221 g/mol. The van der Waals surface area contributed by atoms with Crippen LogP contribution in [0.15, 0.2) is 12.5 Å². The Bertz CT molecular complexity index is 311. The van der Waals surface area contributed by atoms with Crippen LogP contribution in [0.5, 0.6) is 0 Å². The van der Waals surface area contributed by atoms with Crippen LogP contribution in [0.1, 0.15) is 51.3 Å². The summed E-state index contributed by atoms with van der Waals surface area (Å²) in [6.45, 7) is 6.80. The largest absolute Gasteiger partial charge is 0.333 e. The highest BCUT2D eigenvalue weighted by Crippen LogP contribution is 2.22. The van der Waals surface area contributed by atoms with Crippen LogP contribution in [0.3, 0.4) is 0 Å². The number of nitrogens with zero attached hydrogens (tertiary/aromatic N) is 2. The van der Waals surface area contributed by atoms with Crippen molar-refractivity contribution in [2.75, 3.05) is 6.54 Å². The fourth-order valence-electron chi connectivity index (χ4n) is 2.31. The first-order chi connectivity index (χ1) is 7.77. The van der Waals surface area contributed by atoms with Gasteiger partial charge in [-0.2, -0.15) is 0 Å². The van der Waals surface area contributed by atoms with Crippen molar-refractivity contribution in [2.24, 2.45) is 5.92 Å². The lowest BCUT2D eigenvalue weighted by Gasteiger charge is -2.24. The van der Waals surface area contributed by atoms with Crippen molar-refractivity contribution in [3.05, 3.63) is 18.2 Å². The van der Waals surface area contributed by atoms with E-state index >= 15 is 0 Å². The van der Waals surface area contributed by atoms with Crippen LogP contribution in [0.4, 0.5) is 0 Å². The summed E-state index contributed by atoms with van der Waals surface area (Å²) in [5.41, 5.74) is 1.38. The molecule has 2 heterocycles. The van der Waals surface area contributed by atoms with E-state index in [1.165, 1.54) is 31.4 Å². The average molecular weight is 221 g/mol. The summed E-state index contributed by atoms with van der Waals surface area (Å²) in [5.74, 6) is 0.759. The predicted molar refractivity (Wildman–Crippen MR) is 66.3 cm³/mol. The minimum absolute atomic E-state index is 0.531. The minimum Gasteiger partial charge on any atom is -0.333 e. The van der Waals surface area contributed by atoms with Crippen molar-refractivity contribution in [3.63, 3.8) is 0 Å². The molecule has 90 valence electrons. The summed E-state index contributed by atoms with van der Waals surface area (Å²) in [6.07, 6.45) is 9.16. The maximum absolute atomic E-state index is 4.30. The number of hydrogen-bond acceptors (Lipinski definition) is 2. The fraction of sp³-hybridized carbons (Fsp3) is 0.769. The van der Waals surface area contributed by atoms with Crippen molar-refractivity contribution < 1.29 is 0 Å². The summed E-state index contributed by atoms with van der Waals surface area (Å²) >= 11 is 0. The van der Waals surface area contributed by atoms with Gasteiger partial charge in [0.1, 0.15) is 0 Å². The fourth-order valence-corrected chi connectivity index (χ4v) is 2.31. The Balaban J connectivity index is 2.00. The van der Waals surface area contributed by atoms with E-state index in [-0.39, 0.29) is 0 Å². The van der Waals surface area contributed by atoms with Crippen LogP contribution in [0, 0.1) is 5.92 Å².